The first kappa shape index (κ1) is 8.31. The third-order valence-electron chi connectivity index (χ3n) is 1.64. The van der Waals surface area contributed by atoms with Gasteiger partial charge in [0, 0.05) is 0 Å². The molecule has 0 aliphatic rings. The van der Waals surface area contributed by atoms with Crippen LogP contribution in [0.2, 0.25) is 0 Å². The summed E-state index contributed by atoms with van der Waals surface area (Å²) in [6, 6.07) is 6.51. The van der Waals surface area contributed by atoms with E-state index in [0.29, 0.717) is 11.4 Å². The summed E-state index contributed by atoms with van der Waals surface area (Å²) in [5.74, 6) is 0.195. The van der Waals surface area contributed by atoms with Crippen molar-refractivity contribution >= 4 is 11.5 Å². The van der Waals surface area contributed by atoms with Gasteiger partial charge in [0.15, 0.2) is 5.82 Å². The van der Waals surface area contributed by atoms with Gasteiger partial charge in [-0.25, -0.2) is 9.37 Å². The van der Waals surface area contributed by atoms with E-state index in [1.54, 1.807) is 18.2 Å². The molecule has 0 bridgehead atoms. The number of hydrogen-bond donors (Lipinski definition) is 0. The summed E-state index contributed by atoms with van der Waals surface area (Å²) in [6.07, 6.45) is 0. The molecule has 1 aromatic carbocycles. The van der Waals surface area contributed by atoms with E-state index in [1.807, 2.05) is 6.92 Å². The first-order valence-corrected chi connectivity index (χ1v) is 4.60. The van der Waals surface area contributed by atoms with Gasteiger partial charge in [0.1, 0.15) is 10.8 Å². The van der Waals surface area contributed by atoms with Crippen molar-refractivity contribution in [2.45, 2.75) is 6.92 Å². The van der Waals surface area contributed by atoms with E-state index in [9.17, 15) is 4.39 Å². The second kappa shape index (κ2) is 3.22. The Kier molecular flexibility index (Phi) is 2.06. The van der Waals surface area contributed by atoms with Crippen molar-refractivity contribution in [2.75, 3.05) is 0 Å². The molecule has 1 heterocycles. The lowest BCUT2D eigenvalue weighted by atomic mass is 10.2. The van der Waals surface area contributed by atoms with Gasteiger partial charge in [-0.3, -0.25) is 0 Å². The Labute approximate surface area is 79.2 Å². The van der Waals surface area contributed by atoms with Crippen molar-refractivity contribution in [1.82, 2.24) is 9.36 Å². The SMILES string of the molecule is Cc1nc(-c2ccccc2F)ns1. The van der Waals surface area contributed by atoms with Crippen molar-refractivity contribution < 1.29 is 4.39 Å². The fourth-order valence-electron chi connectivity index (χ4n) is 1.05. The van der Waals surface area contributed by atoms with Crippen LogP contribution in [-0.4, -0.2) is 9.36 Å². The van der Waals surface area contributed by atoms with Crippen LogP contribution in [0.5, 0.6) is 0 Å². The molecule has 0 aliphatic heterocycles. The lowest BCUT2D eigenvalue weighted by Gasteiger charge is -1.95. The molecule has 0 unspecified atom stereocenters. The largest absolute Gasteiger partial charge is 0.220 e. The van der Waals surface area contributed by atoms with Crippen LogP contribution in [0.15, 0.2) is 24.3 Å². The van der Waals surface area contributed by atoms with E-state index < -0.39 is 0 Å². The van der Waals surface area contributed by atoms with E-state index in [1.165, 1.54) is 17.6 Å². The average molecular weight is 194 g/mol. The van der Waals surface area contributed by atoms with Crippen LogP contribution in [-0.2, 0) is 0 Å². The second-order valence-electron chi connectivity index (χ2n) is 2.62. The summed E-state index contributed by atoms with van der Waals surface area (Å²) in [6.45, 7) is 1.85. The fraction of sp³-hybridized carbons (Fsp3) is 0.111. The van der Waals surface area contributed by atoms with Crippen LogP contribution in [0.4, 0.5) is 4.39 Å². The molecule has 2 aromatic rings. The first-order chi connectivity index (χ1) is 6.27. The minimum absolute atomic E-state index is 0.277. The van der Waals surface area contributed by atoms with Gasteiger partial charge < -0.3 is 0 Å². The van der Waals surface area contributed by atoms with Gasteiger partial charge in [-0.05, 0) is 30.6 Å². The summed E-state index contributed by atoms with van der Waals surface area (Å²) in [5.41, 5.74) is 0.465. The van der Waals surface area contributed by atoms with E-state index >= 15 is 0 Å². The summed E-state index contributed by atoms with van der Waals surface area (Å²) in [7, 11) is 0. The Morgan fingerprint density at radius 2 is 2.08 bits per heavy atom. The molecule has 2 nitrogen and oxygen atoms in total. The van der Waals surface area contributed by atoms with Gasteiger partial charge in [0.25, 0.3) is 0 Å². The van der Waals surface area contributed by atoms with E-state index in [0.717, 1.165) is 5.01 Å². The van der Waals surface area contributed by atoms with Crippen molar-refractivity contribution in [2.24, 2.45) is 0 Å². The fourth-order valence-corrected chi connectivity index (χ4v) is 1.54. The zero-order valence-electron chi connectivity index (χ0n) is 6.99. The minimum Gasteiger partial charge on any atom is -0.220 e. The number of aryl methyl sites for hydroxylation is 1. The Bertz CT molecular complexity index is 425. The molecule has 0 saturated heterocycles. The molecule has 0 amide bonds. The molecule has 13 heavy (non-hydrogen) atoms. The highest BCUT2D eigenvalue weighted by Gasteiger charge is 2.07. The van der Waals surface area contributed by atoms with Crippen LogP contribution in [0.1, 0.15) is 5.01 Å². The van der Waals surface area contributed by atoms with Crippen LogP contribution in [0.3, 0.4) is 0 Å². The molecule has 2 rings (SSSR count). The first-order valence-electron chi connectivity index (χ1n) is 3.82. The normalized spacial score (nSPS) is 10.3. The number of rotatable bonds is 1. The van der Waals surface area contributed by atoms with Crippen LogP contribution in [0.25, 0.3) is 11.4 Å². The number of nitrogens with zero attached hydrogens (tertiary/aromatic N) is 2. The van der Waals surface area contributed by atoms with E-state index in [4.69, 9.17) is 0 Å². The van der Waals surface area contributed by atoms with Crippen molar-refractivity contribution in [1.29, 1.82) is 0 Å². The maximum absolute atomic E-state index is 13.2. The molecule has 0 fully saturated rings. The lowest BCUT2D eigenvalue weighted by molar-refractivity contribution is 0.630. The number of aromatic nitrogens is 2. The highest BCUT2D eigenvalue weighted by atomic mass is 32.1. The quantitative estimate of drug-likeness (QED) is 0.697. The highest BCUT2D eigenvalue weighted by Crippen LogP contribution is 2.20. The van der Waals surface area contributed by atoms with Crippen LogP contribution < -0.4 is 0 Å². The number of hydrogen-bond acceptors (Lipinski definition) is 3. The minimum atomic E-state index is -0.277. The molecule has 1 aromatic heterocycles. The molecule has 0 saturated carbocycles. The van der Waals surface area contributed by atoms with Crippen molar-refractivity contribution in [3.8, 4) is 11.4 Å². The predicted molar refractivity (Wildman–Crippen MR) is 50.0 cm³/mol. The Morgan fingerprint density at radius 3 is 2.69 bits per heavy atom. The zero-order chi connectivity index (χ0) is 9.26. The van der Waals surface area contributed by atoms with Gasteiger partial charge in [0.05, 0.1) is 5.56 Å². The van der Waals surface area contributed by atoms with Crippen LogP contribution in [0, 0.1) is 12.7 Å². The molecular weight excluding hydrogens is 187 g/mol. The zero-order valence-corrected chi connectivity index (χ0v) is 7.81. The molecule has 4 heteroatoms. The van der Waals surface area contributed by atoms with Gasteiger partial charge in [-0.2, -0.15) is 4.37 Å². The van der Waals surface area contributed by atoms with Gasteiger partial charge in [-0.15, -0.1) is 0 Å². The van der Waals surface area contributed by atoms with Gasteiger partial charge in [0.2, 0.25) is 0 Å². The molecule has 0 spiro atoms. The summed E-state index contributed by atoms with van der Waals surface area (Å²) in [4.78, 5) is 4.11. The predicted octanol–water partition coefficient (Wildman–Crippen LogP) is 2.65. The summed E-state index contributed by atoms with van der Waals surface area (Å²) in [5, 5.41) is 0.846. The third-order valence-corrected chi connectivity index (χ3v) is 2.26. The van der Waals surface area contributed by atoms with Crippen molar-refractivity contribution in [3.05, 3.63) is 35.1 Å². The van der Waals surface area contributed by atoms with E-state index in [-0.39, 0.29) is 5.82 Å². The topological polar surface area (TPSA) is 25.8 Å². The van der Waals surface area contributed by atoms with Gasteiger partial charge >= 0.3 is 0 Å². The number of benzene rings is 1. The summed E-state index contributed by atoms with van der Waals surface area (Å²) >= 11 is 1.28. The van der Waals surface area contributed by atoms with Crippen LogP contribution >= 0.6 is 11.5 Å². The maximum atomic E-state index is 13.2. The Balaban J connectivity index is 2.52. The third kappa shape index (κ3) is 1.58. The van der Waals surface area contributed by atoms with Crippen molar-refractivity contribution in [3.63, 3.8) is 0 Å². The standard InChI is InChI=1S/C9H7FN2S/c1-6-11-9(12-13-6)7-4-2-3-5-8(7)10/h2-5H,1H3. The molecule has 0 radical (unpaired) electrons. The summed E-state index contributed by atoms with van der Waals surface area (Å²) < 4.78 is 17.2. The highest BCUT2D eigenvalue weighted by molar-refractivity contribution is 7.05. The molecule has 0 atom stereocenters. The lowest BCUT2D eigenvalue weighted by Crippen LogP contribution is -1.85. The molecule has 0 N–H and O–H groups in total. The van der Waals surface area contributed by atoms with E-state index in [2.05, 4.69) is 9.36 Å². The Hall–Kier alpha value is -1.29. The maximum Gasteiger partial charge on any atom is 0.175 e. The number of halogens is 1. The molecule has 66 valence electrons. The average Bonchev–Trinajstić information content (AvgIpc) is 2.53. The monoisotopic (exact) mass is 194 g/mol. The van der Waals surface area contributed by atoms with Gasteiger partial charge in [-0.1, -0.05) is 12.1 Å². The second-order valence-corrected chi connectivity index (χ2v) is 3.57. The smallest absolute Gasteiger partial charge is 0.175 e. The molecular formula is C9H7FN2S. The molecule has 0 aliphatic carbocycles. The Morgan fingerprint density at radius 1 is 1.31 bits per heavy atom.